The highest BCUT2D eigenvalue weighted by Gasteiger charge is 2.55. The first kappa shape index (κ1) is 40.2. The van der Waals surface area contributed by atoms with E-state index in [2.05, 4.69) is 0 Å². The Kier molecular flexibility index (Phi) is 11.1. The quantitative estimate of drug-likeness (QED) is 0.107. The van der Waals surface area contributed by atoms with E-state index in [1.54, 1.807) is 12.1 Å². The molecule has 21 heteroatoms. The van der Waals surface area contributed by atoms with Crippen molar-refractivity contribution in [2.45, 2.75) is 91.6 Å². The van der Waals surface area contributed by atoms with Gasteiger partial charge in [-0.05, 0) is 23.8 Å². The van der Waals surface area contributed by atoms with Crippen molar-refractivity contribution in [1.82, 2.24) is 0 Å². The second kappa shape index (κ2) is 16.0. The molecule has 0 aromatic heterocycles. The van der Waals surface area contributed by atoms with E-state index in [0.29, 0.717) is 41.8 Å². The van der Waals surface area contributed by atoms with Crippen LogP contribution < -0.4 is 23.7 Å². The van der Waals surface area contributed by atoms with Crippen LogP contribution in [0, 0.1) is 11.8 Å². The van der Waals surface area contributed by atoms with Crippen LogP contribution in [0.15, 0.2) is 30.3 Å². The van der Waals surface area contributed by atoms with Gasteiger partial charge in [0.25, 0.3) is 0 Å². The monoisotopic (exact) mass is 826 g/mol. The number of aliphatic hydroxyl groups is 9. The summed E-state index contributed by atoms with van der Waals surface area (Å²) >= 11 is 0. The predicted octanol–water partition coefficient (Wildman–Crippen LogP) is -3.31. The molecule has 5 saturated heterocycles. The normalized spacial score (nSPS) is 42.8. The Morgan fingerprint density at radius 2 is 1.31 bits per heavy atom. The number of benzene rings is 2. The molecule has 17 atom stereocenters. The fourth-order valence-corrected chi connectivity index (χ4v) is 8.43. The summed E-state index contributed by atoms with van der Waals surface area (Å²) in [5, 5.41) is 94.6. The Hall–Kier alpha value is -3.20. The van der Waals surface area contributed by atoms with Crippen molar-refractivity contribution in [3.63, 3.8) is 0 Å². The standard InChI is InChI=1S/C37H46O21/c38-6-23-25(40)27(42)29(44)34(56-23)49-9-24-26(41)28(43)32(58-36-33(45)37(46,10-39)11-50-36)35(57-24)55-19-5-22-21(53-13-54-22)4-15(19)31-17-8-47-30(16(17)7-48-31)14-1-2-18-20(3-14)52-12-51-18/h1-5,16-17,23-36,38-46H,6-13H2/t16-,17-,23-,24-,25-,26-,27+,28+,29-,30+,31-,32-,33+,34-,35-,36+,37-/m1/s1. The summed E-state index contributed by atoms with van der Waals surface area (Å²) in [7, 11) is 0. The number of hydrogen-bond donors (Lipinski definition) is 9. The molecule has 0 saturated carbocycles. The number of rotatable bonds is 11. The van der Waals surface area contributed by atoms with Gasteiger partial charge in [0.1, 0.15) is 60.2 Å². The zero-order chi connectivity index (χ0) is 40.5. The zero-order valence-corrected chi connectivity index (χ0v) is 30.7. The second-order valence-corrected chi connectivity index (χ2v) is 15.4. The van der Waals surface area contributed by atoms with Crippen molar-refractivity contribution < 1.29 is 103 Å². The minimum absolute atomic E-state index is 0.0796. The molecular formula is C37H46O21. The highest BCUT2D eigenvalue weighted by atomic mass is 16.8. The van der Waals surface area contributed by atoms with Gasteiger partial charge in [0.05, 0.1) is 51.8 Å². The van der Waals surface area contributed by atoms with E-state index in [0.717, 1.165) is 5.56 Å². The van der Waals surface area contributed by atoms with Crippen molar-refractivity contribution in [1.29, 1.82) is 0 Å². The molecule has 58 heavy (non-hydrogen) atoms. The van der Waals surface area contributed by atoms with Gasteiger partial charge in [-0.1, -0.05) is 6.07 Å². The SMILES string of the molecule is OC[C@H]1O[C@@H](OC[C@H]2O[C@@H](Oc3cc4c(cc3[C@H]3OC[C@@H]5[C@H]3CO[C@H]5c3ccc5c(c3)OCO5)OCO4)[C@H](O[C@@H]3OC[C@](O)(CO)[C@H]3O)[C@@H](O)[C@@H]2O)[C@H](O)[C@@H](O)[C@@H]1O. The van der Waals surface area contributed by atoms with Crippen LogP contribution in [-0.2, 0) is 33.2 Å². The summed E-state index contributed by atoms with van der Waals surface area (Å²) in [4.78, 5) is 0. The lowest BCUT2D eigenvalue weighted by Crippen LogP contribution is -2.63. The van der Waals surface area contributed by atoms with Crippen LogP contribution in [0.1, 0.15) is 23.3 Å². The average Bonchev–Trinajstić information content (AvgIpc) is 4.08. The largest absolute Gasteiger partial charge is 0.461 e. The Bertz CT molecular complexity index is 1780. The van der Waals surface area contributed by atoms with Gasteiger partial charge in [-0.3, -0.25) is 0 Å². The Morgan fingerprint density at radius 3 is 2.03 bits per heavy atom. The van der Waals surface area contributed by atoms with Gasteiger partial charge in [-0.25, -0.2) is 0 Å². The van der Waals surface area contributed by atoms with Gasteiger partial charge in [0.15, 0.2) is 41.7 Å². The van der Waals surface area contributed by atoms with Gasteiger partial charge >= 0.3 is 0 Å². The maximum absolute atomic E-state index is 11.6. The van der Waals surface area contributed by atoms with Gasteiger partial charge in [-0.2, -0.15) is 0 Å². The first-order valence-electron chi connectivity index (χ1n) is 18.9. The summed E-state index contributed by atoms with van der Waals surface area (Å²) in [5.41, 5.74) is -0.701. The molecule has 5 fully saturated rings. The number of hydrogen-bond acceptors (Lipinski definition) is 21. The van der Waals surface area contributed by atoms with Gasteiger partial charge in [0.2, 0.25) is 19.9 Å². The third kappa shape index (κ3) is 7.05. The minimum atomic E-state index is -2.09. The maximum Gasteiger partial charge on any atom is 0.231 e. The maximum atomic E-state index is 11.6. The van der Waals surface area contributed by atoms with Crippen molar-refractivity contribution in [2.24, 2.45) is 11.8 Å². The number of ether oxygens (including phenoxy) is 12. The molecule has 0 aliphatic carbocycles. The van der Waals surface area contributed by atoms with Crippen LogP contribution in [0.3, 0.4) is 0 Å². The molecule has 0 spiro atoms. The van der Waals surface area contributed by atoms with Crippen molar-refractivity contribution >= 4 is 0 Å². The molecule has 9 N–H and O–H groups in total. The highest BCUT2D eigenvalue weighted by molar-refractivity contribution is 5.53. The molecule has 21 nitrogen and oxygen atoms in total. The second-order valence-electron chi connectivity index (χ2n) is 15.4. The van der Waals surface area contributed by atoms with Crippen LogP contribution in [0.25, 0.3) is 0 Å². The van der Waals surface area contributed by atoms with Gasteiger partial charge in [-0.15, -0.1) is 0 Å². The lowest BCUT2D eigenvalue weighted by molar-refractivity contribution is -0.337. The molecule has 7 aliphatic rings. The highest BCUT2D eigenvalue weighted by Crippen LogP contribution is 2.54. The molecule has 0 bridgehead atoms. The molecule has 9 rings (SSSR count). The minimum Gasteiger partial charge on any atom is -0.461 e. The van der Waals surface area contributed by atoms with E-state index in [-0.39, 0.29) is 37.3 Å². The summed E-state index contributed by atoms with van der Waals surface area (Å²) < 4.78 is 70.4. The van der Waals surface area contributed by atoms with Crippen LogP contribution in [0.4, 0.5) is 0 Å². The molecular weight excluding hydrogens is 780 g/mol. The summed E-state index contributed by atoms with van der Waals surface area (Å²) in [5.74, 6) is 1.86. The van der Waals surface area contributed by atoms with E-state index in [1.807, 2.05) is 18.2 Å². The Morgan fingerprint density at radius 1 is 0.655 bits per heavy atom. The van der Waals surface area contributed by atoms with Gasteiger partial charge < -0.3 is 103 Å². The lowest BCUT2D eigenvalue weighted by atomic mass is 9.84. The van der Waals surface area contributed by atoms with Crippen LogP contribution in [0.5, 0.6) is 28.7 Å². The Balaban J connectivity index is 0.992. The topological polar surface area (TPSA) is 293 Å². The number of fused-ring (bicyclic) bond motifs is 3. The van der Waals surface area contributed by atoms with E-state index >= 15 is 0 Å². The first-order valence-corrected chi connectivity index (χ1v) is 18.9. The van der Waals surface area contributed by atoms with Crippen LogP contribution in [-0.4, -0.2) is 179 Å². The molecule has 2 aromatic rings. The summed E-state index contributed by atoms with van der Waals surface area (Å²) in [6.45, 7) is -2.01. The number of aliphatic hydroxyl groups excluding tert-OH is 8. The first-order chi connectivity index (χ1) is 28.0. The molecule has 320 valence electrons. The third-order valence-electron chi connectivity index (χ3n) is 11.8. The molecule has 2 aromatic carbocycles. The van der Waals surface area contributed by atoms with Crippen molar-refractivity contribution in [3.05, 3.63) is 41.5 Å². The molecule has 0 amide bonds. The molecule has 7 heterocycles. The average molecular weight is 827 g/mol. The van der Waals surface area contributed by atoms with Gasteiger partial charge in [0, 0.05) is 23.5 Å². The fraction of sp³-hybridized carbons (Fsp3) is 0.676. The van der Waals surface area contributed by atoms with E-state index in [4.69, 9.17) is 56.8 Å². The van der Waals surface area contributed by atoms with Crippen molar-refractivity contribution in [2.75, 3.05) is 53.2 Å². The van der Waals surface area contributed by atoms with Crippen LogP contribution >= 0.6 is 0 Å². The zero-order valence-electron chi connectivity index (χ0n) is 30.7. The smallest absolute Gasteiger partial charge is 0.231 e. The van der Waals surface area contributed by atoms with E-state index < -0.39 is 112 Å². The Labute approximate surface area is 329 Å². The predicted molar refractivity (Wildman–Crippen MR) is 183 cm³/mol. The fourth-order valence-electron chi connectivity index (χ4n) is 8.43. The molecule has 7 aliphatic heterocycles. The molecule has 0 radical (unpaired) electrons. The lowest BCUT2D eigenvalue weighted by Gasteiger charge is -2.44. The summed E-state index contributed by atoms with van der Waals surface area (Å²) in [6, 6.07) is 8.90. The van der Waals surface area contributed by atoms with Crippen molar-refractivity contribution in [3.8, 4) is 28.7 Å². The van der Waals surface area contributed by atoms with E-state index in [1.165, 1.54) is 0 Å². The molecule has 0 unspecified atom stereocenters. The van der Waals surface area contributed by atoms with E-state index in [9.17, 15) is 46.0 Å². The summed E-state index contributed by atoms with van der Waals surface area (Å²) in [6.07, 6.45) is -20.8. The van der Waals surface area contributed by atoms with Crippen LogP contribution in [0.2, 0.25) is 0 Å². The third-order valence-corrected chi connectivity index (χ3v) is 11.8.